The zero-order valence-corrected chi connectivity index (χ0v) is 16.4. The molecule has 0 aromatic heterocycles. The molecule has 0 aliphatic carbocycles. The fraction of sp³-hybridized carbons (Fsp3) is 0.211. The number of amides is 2. The first-order valence-electron chi connectivity index (χ1n) is 8.17. The van der Waals surface area contributed by atoms with Crippen molar-refractivity contribution in [3.05, 3.63) is 58.1 Å². The van der Waals surface area contributed by atoms with Crippen LogP contribution in [0.3, 0.4) is 0 Å². The molecule has 0 fully saturated rings. The standard InChI is InChI=1S/C19H18BrN3O4/c1-26-15-5-3-4-13(17(15)27-2)14-10-16(24)22-19(21-14)23-18(25)11-6-8-12(20)9-7-11/h3-9,14H,10H2,1-2H3,(H2,21,22,23,24,25)/t14-/m1/s1. The predicted octanol–water partition coefficient (Wildman–Crippen LogP) is 2.81. The van der Waals surface area contributed by atoms with Crippen LogP contribution >= 0.6 is 15.9 Å². The first-order chi connectivity index (χ1) is 13.0. The number of aliphatic imine (C=N–C) groups is 1. The van der Waals surface area contributed by atoms with Gasteiger partial charge in [-0.3, -0.25) is 20.2 Å². The van der Waals surface area contributed by atoms with E-state index in [1.807, 2.05) is 6.07 Å². The summed E-state index contributed by atoms with van der Waals surface area (Å²) in [7, 11) is 3.08. The van der Waals surface area contributed by atoms with Crippen LogP contribution in [-0.4, -0.2) is 32.0 Å². The normalized spacial score (nSPS) is 16.2. The Hall–Kier alpha value is -2.87. The Morgan fingerprint density at radius 2 is 1.93 bits per heavy atom. The molecule has 1 atom stereocenters. The molecule has 3 rings (SSSR count). The minimum atomic E-state index is -0.496. The quantitative estimate of drug-likeness (QED) is 0.778. The molecule has 0 saturated heterocycles. The van der Waals surface area contributed by atoms with Crippen molar-refractivity contribution >= 4 is 33.7 Å². The molecule has 0 radical (unpaired) electrons. The van der Waals surface area contributed by atoms with Gasteiger partial charge in [0.15, 0.2) is 11.5 Å². The lowest BCUT2D eigenvalue weighted by Crippen LogP contribution is -2.47. The van der Waals surface area contributed by atoms with Crippen molar-refractivity contribution in [2.24, 2.45) is 4.99 Å². The highest BCUT2D eigenvalue weighted by Gasteiger charge is 2.27. The molecule has 0 unspecified atom stereocenters. The second-order valence-electron chi connectivity index (χ2n) is 5.79. The average molecular weight is 432 g/mol. The molecule has 2 N–H and O–H groups in total. The number of halogens is 1. The molecule has 0 bridgehead atoms. The lowest BCUT2D eigenvalue weighted by atomic mass is 10.0. The Labute approximate surface area is 164 Å². The van der Waals surface area contributed by atoms with Crippen LogP contribution < -0.4 is 20.1 Å². The van der Waals surface area contributed by atoms with Crippen LogP contribution in [0.1, 0.15) is 28.4 Å². The van der Waals surface area contributed by atoms with Gasteiger partial charge in [0.2, 0.25) is 11.9 Å². The molecule has 1 aliphatic rings. The second-order valence-corrected chi connectivity index (χ2v) is 6.71. The van der Waals surface area contributed by atoms with Gasteiger partial charge in [-0.15, -0.1) is 0 Å². The van der Waals surface area contributed by atoms with Gasteiger partial charge in [-0.2, -0.15) is 0 Å². The van der Waals surface area contributed by atoms with Gasteiger partial charge in [-0.1, -0.05) is 28.1 Å². The zero-order valence-electron chi connectivity index (χ0n) is 14.8. The van der Waals surface area contributed by atoms with Crippen LogP contribution in [0, 0.1) is 0 Å². The van der Waals surface area contributed by atoms with Crippen LogP contribution in [0.4, 0.5) is 0 Å². The molecule has 0 saturated carbocycles. The number of nitrogens with zero attached hydrogens (tertiary/aromatic N) is 1. The van der Waals surface area contributed by atoms with E-state index in [0.29, 0.717) is 22.6 Å². The van der Waals surface area contributed by atoms with E-state index in [0.717, 1.165) is 4.47 Å². The Bertz CT molecular complexity index is 896. The van der Waals surface area contributed by atoms with Crippen molar-refractivity contribution < 1.29 is 19.1 Å². The summed E-state index contributed by atoms with van der Waals surface area (Å²) in [5.41, 5.74) is 1.17. The van der Waals surface area contributed by atoms with Crippen LogP contribution in [0.2, 0.25) is 0 Å². The molecule has 2 aromatic carbocycles. The first-order valence-corrected chi connectivity index (χ1v) is 8.96. The van der Waals surface area contributed by atoms with E-state index in [9.17, 15) is 9.59 Å². The summed E-state index contributed by atoms with van der Waals surface area (Å²) in [6, 6.07) is 11.8. The van der Waals surface area contributed by atoms with Crippen molar-refractivity contribution in [2.75, 3.05) is 14.2 Å². The number of benzene rings is 2. The van der Waals surface area contributed by atoms with Gasteiger partial charge in [0, 0.05) is 15.6 Å². The number of ether oxygens (including phenoxy) is 2. The van der Waals surface area contributed by atoms with Gasteiger partial charge in [0.05, 0.1) is 26.7 Å². The number of hydrogen-bond acceptors (Lipinski definition) is 5. The highest BCUT2D eigenvalue weighted by atomic mass is 79.9. The predicted molar refractivity (Wildman–Crippen MR) is 104 cm³/mol. The molecule has 140 valence electrons. The van der Waals surface area contributed by atoms with Gasteiger partial charge in [0.1, 0.15) is 0 Å². The largest absolute Gasteiger partial charge is 0.493 e. The number of para-hydroxylation sites is 1. The summed E-state index contributed by atoms with van der Waals surface area (Å²) >= 11 is 3.33. The van der Waals surface area contributed by atoms with E-state index in [-0.39, 0.29) is 24.2 Å². The summed E-state index contributed by atoms with van der Waals surface area (Å²) in [6.45, 7) is 0. The number of methoxy groups -OCH3 is 2. The van der Waals surface area contributed by atoms with Gasteiger partial charge in [-0.25, -0.2) is 4.99 Å². The Morgan fingerprint density at radius 1 is 1.19 bits per heavy atom. The van der Waals surface area contributed by atoms with E-state index >= 15 is 0 Å². The fourth-order valence-electron chi connectivity index (χ4n) is 2.79. The summed E-state index contributed by atoms with van der Waals surface area (Å²) in [6.07, 6.45) is 0.140. The third-order valence-corrected chi connectivity index (χ3v) is 4.58. The average Bonchev–Trinajstić information content (AvgIpc) is 2.67. The zero-order chi connectivity index (χ0) is 19.4. The number of hydrogen-bond donors (Lipinski definition) is 2. The summed E-state index contributed by atoms with van der Waals surface area (Å²) in [5, 5.41) is 5.23. The molecule has 2 aromatic rings. The summed E-state index contributed by atoms with van der Waals surface area (Å²) in [5.74, 6) is 0.568. The van der Waals surface area contributed by atoms with Crippen molar-refractivity contribution in [3.8, 4) is 11.5 Å². The topological polar surface area (TPSA) is 89.0 Å². The molecule has 2 amide bonds. The Balaban J connectivity index is 1.87. The van der Waals surface area contributed by atoms with Crippen molar-refractivity contribution in [2.45, 2.75) is 12.5 Å². The first kappa shape index (κ1) is 18.9. The minimum absolute atomic E-state index is 0.106. The van der Waals surface area contributed by atoms with Crippen molar-refractivity contribution in [1.29, 1.82) is 0 Å². The maximum Gasteiger partial charge on any atom is 0.257 e. The third-order valence-electron chi connectivity index (χ3n) is 4.05. The van der Waals surface area contributed by atoms with E-state index < -0.39 is 6.04 Å². The number of carbonyl (C=O) groups is 2. The molecule has 27 heavy (non-hydrogen) atoms. The van der Waals surface area contributed by atoms with Crippen LogP contribution in [0.5, 0.6) is 11.5 Å². The molecular weight excluding hydrogens is 414 g/mol. The number of carbonyl (C=O) groups excluding carboxylic acids is 2. The van der Waals surface area contributed by atoms with E-state index in [4.69, 9.17) is 9.47 Å². The lowest BCUT2D eigenvalue weighted by Gasteiger charge is -2.23. The minimum Gasteiger partial charge on any atom is -0.493 e. The molecular formula is C19H18BrN3O4. The number of rotatable bonds is 4. The maximum atomic E-state index is 12.4. The van der Waals surface area contributed by atoms with Crippen LogP contribution in [0.25, 0.3) is 0 Å². The SMILES string of the molecule is COc1cccc([C@H]2CC(=O)NC(NC(=O)c3ccc(Br)cc3)=N2)c1OC. The van der Waals surface area contributed by atoms with Gasteiger partial charge in [-0.05, 0) is 30.3 Å². The molecule has 8 heteroatoms. The van der Waals surface area contributed by atoms with E-state index in [2.05, 4.69) is 31.6 Å². The molecule has 7 nitrogen and oxygen atoms in total. The lowest BCUT2D eigenvalue weighted by molar-refractivity contribution is -0.120. The Kier molecular flexibility index (Phi) is 5.75. The van der Waals surface area contributed by atoms with E-state index in [1.54, 1.807) is 43.5 Å². The summed E-state index contributed by atoms with van der Waals surface area (Å²) in [4.78, 5) is 29.0. The Morgan fingerprint density at radius 3 is 2.59 bits per heavy atom. The third kappa shape index (κ3) is 4.28. The second kappa shape index (κ2) is 8.22. The monoisotopic (exact) mass is 431 g/mol. The van der Waals surface area contributed by atoms with Gasteiger partial charge < -0.3 is 9.47 Å². The highest BCUT2D eigenvalue weighted by molar-refractivity contribution is 9.10. The molecule has 1 aliphatic heterocycles. The fourth-order valence-corrected chi connectivity index (χ4v) is 3.06. The van der Waals surface area contributed by atoms with Crippen molar-refractivity contribution in [1.82, 2.24) is 10.6 Å². The number of guanidine groups is 1. The molecule has 1 heterocycles. The highest BCUT2D eigenvalue weighted by Crippen LogP contribution is 2.38. The van der Waals surface area contributed by atoms with Crippen LogP contribution in [-0.2, 0) is 4.79 Å². The van der Waals surface area contributed by atoms with E-state index in [1.165, 1.54) is 7.11 Å². The molecule has 0 spiro atoms. The summed E-state index contributed by atoms with van der Waals surface area (Å²) < 4.78 is 11.6. The number of nitrogens with one attached hydrogen (secondary N) is 2. The smallest absolute Gasteiger partial charge is 0.257 e. The van der Waals surface area contributed by atoms with Crippen molar-refractivity contribution in [3.63, 3.8) is 0 Å². The van der Waals surface area contributed by atoms with Crippen LogP contribution in [0.15, 0.2) is 51.9 Å². The van der Waals surface area contributed by atoms with Gasteiger partial charge >= 0.3 is 0 Å². The maximum absolute atomic E-state index is 12.4. The van der Waals surface area contributed by atoms with Gasteiger partial charge in [0.25, 0.3) is 5.91 Å².